The minimum Gasteiger partial charge on any atom is -0.456 e. The Morgan fingerprint density at radius 1 is 0.404 bits per heavy atom. The second-order valence-electron chi connectivity index (χ2n) is 13.5. The van der Waals surface area contributed by atoms with Crippen molar-refractivity contribution in [3.8, 4) is 45.3 Å². The SMILES string of the molecule is C1=Cc2ccc(-c3nc(-c4ccccc4)nc(-c4ccccc4)n3)cc2C2(c3ccccc31)c1ccccc1-c1c2ccc2oc3ccccc3c12. The van der Waals surface area contributed by atoms with E-state index in [2.05, 4.69) is 109 Å². The fraction of sp³-hybridized carbons (Fsp3) is 0.0208. The molecule has 0 amide bonds. The zero-order valence-electron chi connectivity index (χ0n) is 28.0. The summed E-state index contributed by atoms with van der Waals surface area (Å²) in [5, 5.41) is 2.28. The number of hydrogen-bond acceptors (Lipinski definition) is 4. The number of hydrogen-bond donors (Lipinski definition) is 0. The lowest BCUT2D eigenvalue weighted by molar-refractivity contribution is 0.668. The molecule has 0 saturated carbocycles. The van der Waals surface area contributed by atoms with E-state index in [4.69, 9.17) is 19.4 Å². The van der Waals surface area contributed by atoms with Crippen molar-refractivity contribution in [2.24, 2.45) is 0 Å². The third kappa shape index (κ3) is 4.06. The van der Waals surface area contributed by atoms with E-state index < -0.39 is 5.41 Å². The van der Waals surface area contributed by atoms with Crippen LogP contribution >= 0.6 is 0 Å². The molecular weight excluding hydrogens is 635 g/mol. The molecule has 1 atom stereocenters. The molecule has 9 aromatic rings. The van der Waals surface area contributed by atoms with Gasteiger partial charge in [0.15, 0.2) is 17.5 Å². The Kier molecular flexibility index (Phi) is 6.13. The van der Waals surface area contributed by atoms with Crippen LogP contribution in [0.4, 0.5) is 0 Å². The van der Waals surface area contributed by atoms with Gasteiger partial charge in [0.2, 0.25) is 0 Å². The first kappa shape index (κ1) is 28.9. The normalized spacial score (nSPS) is 15.3. The topological polar surface area (TPSA) is 51.8 Å². The molecule has 7 aromatic carbocycles. The van der Waals surface area contributed by atoms with Gasteiger partial charge >= 0.3 is 0 Å². The highest BCUT2D eigenvalue weighted by Gasteiger charge is 2.49. The van der Waals surface area contributed by atoms with Crippen molar-refractivity contribution in [1.82, 2.24) is 15.0 Å². The van der Waals surface area contributed by atoms with E-state index in [1.807, 2.05) is 66.7 Å². The number of furan rings is 1. The molecule has 2 aromatic heterocycles. The first-order valence-electron chi connectivity index (χ1n) is 17.6. The van der Waals surface area contributed by atoms with Crippen molar-refractivity contribution in [2.75, 3.05) is 0 Å². The summed E-state index contributed by atoms with van der Waals surface area (Å²) < 4.78 is 6.47. The van der Waals surface area contributed by atoms with Gasteiger partial charge in [-0.25, -0.2) is 15.0 Å². The number of rotatable bonds is 3. The van der Waals surface area contributed by atoms with Crippen molar-refractivity contribution < 1.29 is 4.42 Å². The van der Waals surface area contributed by atoms with E-state index >= 15 is 0 Å². The molecule has 0 saturated heterocycles. The fourth-order valence-electron chi connectivity index (χ4n) is 8.57. The second-order valence-corrected chi connectivity index (χ2v) is 13.5. The molecule has 1 unspecified atom stereocenters. The number of para-hydroxylation sites is 1. The number of benzene rings is 7. The summed E-state index contributed by atoms with van der Waals surface area (Å²) in [6.45, 7) is 0. The Hall–Kier alpha value is -6.91. The molecule has 2 heterocycles. The minimum absolute atomic E-state index is 0.624. The quantitative estimate of drug-likeness (QED) is 0.189. The maximum atomic E-state index is 6.47. The van der Waals surface area contributed by atoms with Crippen LogP contribution in [0.25, 0.3) is 79.4 Å². The summed E-state index contributed by atoms with van der Waals surface area (Å²) in [5.74, 6) is 1.92. The van der Waals surface area contributed by atoms with Gasteiger partial charge in [-0.2, -0.15) is 0 Å². The molecule has 52 heavy (non-hydrogen) atoms. The van der Waals surface area contributed by atoms with Crippen LogP contribution in [0.5, 0.6) is 0 Å². The van der Waals surface area contributed by atoms with E-state index in [-0.39, 0.29) is 0 Å². The molecule has 0 radical (unpaired) electrons. The van der Waals surface area contributed by atoms with Gasteiger partial charge in [0.25, 0.3) is 0 Å². The Bertz CT molecular complexity index is 2850. The van der Waals surface area contributed by atoms with Crippen LogP contribution in [0.15, 0.2) is 168 Å². The third-order valence-corrected chi connectivity index (χ3v) is 10.8. The van der Waals surface area contributed by atoms with Crippen LogP contribution in [0, 0.1) is 0 Å². The predicted molar refractivity (Wildman–Crippen MR) is 210 cm³/mol. The summed E-state index contributed by atoms with van der Waals surface area (Å²) >= 11 is 0. The van der Waals surface area contributed by atoms with Crippen LogP contribution in [0.3, 0.4) is 0 Å². The van der Waals surface area contributed by atoms with Crippen molar-refractivity contribution >= 4 is 34.1 Å². The first-order chi connectivity index (χ1) is 25.8. The summed E-state index contributed by atoms with van der Waals surface area (Å²) in [4.78, 5) is 15.2. The summed E-state index contributed by atoms with van der Waals surface area (Å²) in [5.41, 5.74) is 13.7. The summed E-state index contributed by atoms with van der Waals surface area (Å²) in [7, 11) is 0. The lowest BCUT2D eigenvalue weighted by Crippen LogP contribution is -2.30. The lowest BCUT2D eigenvalue weighted by Gasteiger charge is -2.35. The van der Waals surface area contributed by atoms with E-state index in [1.165, 1.54) is 38.9 Å². The smallest absolute Gasteiger partial charge is 0.164 e. The molecule has 242 valence electrons. The van der Waals surface area contributed by atoms with Crippen LogP contribution in [-0.4, -0.2) is 15.0 Å². The van der Waals surface area contributed by atoms with E-state index in [0.717, 1.165) is 44.2 Å². The van der Waals surface area contributed by atoms with Crippen LogP contribution in [-0.2, 0) is 5.41 Å². The van der Waals surface area contributed by atoms with Gasteiger partial charge in [-0.3, -0.25) is 0 Å². The van der Waals surface area contributed by atoms with Gasteiger partial charge in [0.05, 0.1) is 5.41 Å². The van der Waals surface area contributed by atoms with Crippen molar-refractivity contribution in [2.45, 2.75) is 5.41 Å². The Labute approximate surface area is 300 Å². The third-order valence-electron chi connectivity index (χ3n) is 10.8. The molecule has 11 rings (SSSR count). The average molecular weight is 664 g/mol. The largest absolute Gasteiger partial charge is 0.456 e. The first-order valence-corrected chi connectivity index (χ1v) is 17.6. The van der Waals surface area contributed by atoms with Crippen molar-refractivity contribution in [3.05, 3.63) is 197 Å². The highest BCUT2D eigenvalue weighted by atomic mass is 16.3. The molecular formula is C48H29N3O. The van der Waals surface area contributed by atoms with E-state index in [9.17, 15) is 0 Å². The van der Waals surface area contributed by atoms with Gasteiger partial charge in [-0.05, 0) is 62.7 Å². The molecule has 4 nitrogen and oxygen atoms in total. The fourth-order valence-corrected chi connectivity index (χ4v) is 8.57. The van der Waals surface area contributed by atoms with Gasteiger partial charge in [0.1, 0.15) is 11.2 Å². The number of aromatic nitrogens is 3. The number of fused-ring (bicyclic) bond motifs is 13. The van der Waals surface area contributed by atoms with E-state index in [0.29, 0.717) is 17.5 Å². The van der Waals surface area contributed by atoms with Gasteiger partial charge in [0, 0.05) is 27.5 Å². The Morgan fingerprint density at radius 2 is 1.00 bits per heavy atom. The van der Waals surface area contributed by atoms with Gasteiger partial charge in [-0.1, -0.05) is 158 Å². The van der Waals surface area contributed by atoms with Crippen LogP contribution in [0.2, 0.25) is 0 Å². The van der Waals surface area contributed by atoms with Crippen molar-refractivity contribution in [3.63, 3.8) is 0 Å². The van der Waals surface area contributed by atoms with Crippen LogP contribution < -0.4 is 0 Å². The monoisotopic (exact) mass is 663 g/mol. The van der Waals surface area contributed by atoms with E-state index in [1.54, 1.807) is 0 Å². The highest BCUT2D eigenvalue weighted by Crippen LogP contribution is 2.60. The average Bonchev–Trinajstić information content (AvgIpc) is 3.69. The maximum absolute atomic E-state index is 6.47. The molecule has 0 N–H and O–H groups in total. The zero-order chi connectivity index (χ0) is 34.2. The van der Waals surface area contributed by atoms with Gasteiger partial charge < -0.3 is 4.42 Å². The summed E-state index contributed by atoms with van der Waals surface area (Å²) in [6.07, 6.45) is 4.52. The number of nitrogens with zero attached hydrogens (tertiary/aromatic N) is 3. The van der Waals surface area contributed by atoms with Gasteiger partial charge in [-0.15, -0.1) is 0 Å². The molecule has 0 aliphatic heterocycles. The zero-order valence-corrected chi connectivity index (χ0v) is 28.0. The molecule has 0 fully saturated rings. The lowest BCUT2D eigenvalue weighted by atomic mass is 9.65. The van der Waals surface area contributed by atoms with Crippen molar-refractivity contribution in [1.29, 1.82) is 0 Å². The molecule has 4 heteroatoms. The Morgan fingerprint density at radius 3 is 1.75 bits per heavy atom. The summed E-state index contributed by atoms with van der Waals surface area (Å²) in [6, 6.07) is 57.6. The minimum atomic E-state index is -0.624. The molecule has 1 spiro atoms. The standard InChI is InChI=1S/C48H29N3O/c1-3-14-32(15-4-1)45-49-46(33-16-5-2-6-17-33)51-47(50-45)34-26-25-31-24-23-30-13-7-10-20-37(30)48(40(31)29-34)38-21-11-8-18-35(38)43-39(48)27-28-42-44(43)36-19-9-12-22-41(36)52-42/h1-29H. The maximum Gasteiger partial charge on any atom is 0.164 e. The molecule has 0 bridgehead atoms. The molecule has 2 aliphatic rings. The Balaban J connectivity index is 1.24. The van der Waals surface area contributed by atoms with Crippen LogP contribution in [0.1, 0.15) is 33.4 Å². The highest BCUT2D eigenvalue weighted by molar-refractivity contribution is 6.15. The predicted octanol–water partition coefficient (Wildman–Crippen LogP) is 11.6. The second kappa shape index (κ2) is 11.0. The molecule has 2 aliphatic carbocycles.